The van der Waals surface area contributed by atoms with Gasteiger partial charge in [-0.05, 0) is 30.4 Å². The third-order valence-electron chi connectivity index (χ3n) is 6.82. The van der Waals surface area contributed by atoms with Crippen molar-refractivity contribution in [2.75, 3.05) is 6.54 Å². The van der Waals surface area contributed by atoms with Crippen molar-refractivity contribution < 1.29 is 19.5 Å². The second-order valence-electron chi connectivity index (χ2n) is 10.8. The maximum atomic E-state index is 13.6. The maximum absolute atomic E-state index is 13.6. The summed E-state index contributed by atoms with van der Waals surface area (Å²) in [5.41, 5.74) is 2.79. The summed E-state index contributed by atoms with van der Waals surface area (Å²) in [5.74, 6) is -0.558. The van der Waals surface area contributed by atoms with E-state index in [-0.39, 0.29) is 30.7 Å². The minimum Gasteiger partial charge on any atom is -0.391 e. The average molecular weight is 512 g/mol. The Morgan fingerprint density at radius 2 is 1.94 bits per heavy atom. The molecule has 3 amide bonds. The predicted molar refractivity (Wildman–Crippen MR) is 138 cm³/mol. The SMILES string of the molecule is CC(=O)N[C@H](C(=O)N1C[C@H](O)C[C@H]1C1=N[C@](C)(c2ccc(-c3scnc3C)cc2)C(=O)N1)C(C)(C)C. The third-order valence-corrected chi connectivity index (χ3v) is 7.80. The van der Waals surface area contributed by atoms with Crippen molar-refractivity contribution in [2.45, 2.75) is 71.7 Å². The van der Waals surface area contributed by atoms with Gasteiger partial charge >= 0.3 is 0 Å². The number of amides is 3. The van der Waals surface area contributed by atoms with Crippen LogP contribution in [0.4, 0.5) is 0 Å². The van der Waals surface area contributed by atoms with Crippen molar-refractivity contribution in [3.05, 3.63) is 41.0 Å². The topological polar surface area (TPSA) is 124 Å². The minimum absolute atomic E-state index is 0.101. The van der Waals surface area contributed by atoms with Gasteiger partial charge in [0.2, 0.25) is 11.8 Å². The molecule has 0 aliphatic carbocycles. The molecule has 1 aromatic carbocycles. The first-order chi connectivity index (χ1) is 16.8. The average Bonchev–Trinajstić information content (AvgIpc) is 3.48. The summed E-state index contributed by atoms with van der Waals surface area (Å²) < 4.78 is 0. The van der Waals surface area contributed by atoms with Gasteiger partial charge in [0, 0.05) is 19.9 Å². The minimum atomic E-state index is -1.17. The lowest BCUT2D eigenvalue weighted by molar-refractivity contribution is -0.139. The zero-order valence-corrected chi connectivity index (χ0v) is 22.3. The van der Waals surface area contributed by atoms with Gasteiger partial charge in [0.1, 0.15) is 11.9 Å². The van der Waals surface area contributed by atoms with Crippen LogP contribution in [-0.2, 0) is 19.9 Å². The van der Waals surface area contributed by atoms with Crippen molar-refractivity contribution in [2.24, 2.45) is 10.4 Å². The lowest BCUT2D eigenvalue weighted by Gasteiger charge is -2.35. The van der Waals surface area contributed by atoms with E-state index in [1.165, 1.54) is 11.8 Å². The van der Waals surface area contributed by atoms with Crippen LogP contribution in [0.2, 0.25) is 0 Å². The van der Waals surface area contributed by atoms with Gasteiger partial charge in [0.25, 0.3) is 5.91 Å². The molecule has 2 aliphatic heterocycles. The van der Waals surface area contributed by atoms with E-state index in [0.717, 1.165) is 21.7 Å². The fourth-order valence-electron chi connectivity index (χ4n) is 4.77. The van der Waals surface area contributed by atoms with Crippen molar-refractivity contribution in [3.63, 3.8) is 0 Å². The normalized spacial score (nSPS) is 24.9. The number of aliphatic hydroxyl groups excluding tert-OH is 1. The van der Waals surface area contributed by atoms with Crippen LogP contribution in [0, 0.1) is 12.3 Å². The second-order valence-corrected chi connectivity index (χ2v) is 11.6. The molecule has 0 unspecified atom stereocenters. The van der Waals surface area contributed by atoms with Gasteiger partial charge in [-0.15, -0.1) is 11.3 Å². The van der Waals surface area contributed by atoms with E-state index in [4.69, 9.17) is 4.99 Å². The number of aliphatic hydroxyl groups is 1. The molecule has 0 saturated carbocycles. The first-order valence-corrected chi connectivity index (χ1v) is 12.9. The van der Waals surface area contributed by atoms with E-state index in [1.54, 1.807) is 23.8 Å². The van der Waals surface area contributed by atoms with Crippen LogP contribution in [0.15, 0.2) is 34.8 Å². The van der Waals surface area contributed by atoms with E-state index >= 15 is 0 Å². The molecule has 0 bridgehead atoms. The number of aliphatic imine (C=N–C) groups is 1. The molecule has 36 heavy (non-hydrogen) atoms. The first-order valence-electron chi connectivity index (χ1n) is 12.0. The molecule has 0 spiro atoms. The molecule has 10 heteroatoms. The summed E-state index contributed by atoms with van der Waals surface area (Å²) in [5, 5.41) is 16.1. The van der Waals surface area contributed by atoms with E-state index in [9.17, 15) is 19.5 Å². The van der Waals surface area contributed by atoms with Gasteiger partial charge in [-0.25, -0.2) is 9.98 Å². The van der Waals surface area contributed by atoms with Crippen LogP contribution < -0.4 is 10.6 Å². The molecule has 2 aromatic rings. The predicted octanol–water partition coefficient (Wildman–Crippen LogP) is 2.37. The number of hydrogen-bond donors (Lipinski definition) is 3. The Morgan fingerprint density at radius 1 is 1.28 bits per heavy atom. The number of benzene rings is 1. The van der Waals surface area contributed by atoms with E-state index in [1.807, 2.05) is 52.0 Å². The molecule has 3 heterocycles. The highest BCUT2D eigenvalue weighted by atomic mass is 32.1. The highest BCUT2D eigenvalue weighted by Gasteiger charge is 2.48. The zero-order chi connectivity index (χ0) is 26.4. The Morgan fingerprint density at radius 3 is 2.50 bits per heavy atom. The number of nitrogens with one attached hydrogen (secondary N) is 2. The summed E-state index contributed by atoms with van der Waals surface area (Å²) in [6.07, 6.45) is -0.508. The summed E-state index contributed by atoms with van der Waals surface area (Å²) in [4.78, 5) is 50.2. The molecule has 1 fully saturated rings. The highest BCUT2D eigenvalue weighted by Crippen LogP contribution is 2.35. The fraction of sp³-hybridized carbons (Fsp3) is 0.500. The number of β-amino-alcohol motifs (C(OH)–C–C–N with tert-alkyl or cyclic N) is 1. The molecule has 192 valence electrons. The summed E-state index contributed by atoms with van der Waals surface area (Å²) in [6, 6.07) is 6.31. The van der Waals surface area contributed by atoms with E-state index in [0.29, 0.717) is 5.84 Å². The van der Waals surface area contributed by atoms with Gasteiger partial charge in [-0.2, -0.15) is 0 Å². The Bertz CT molecular complexity index is 1220. The number of nitrogens with zero attached hydrogens (tertiary/aromatic N) is 3. The molecule has 9 nitrogen and oxygen atoms in total. The van der Waals surface area contributed by atoms with Gasteiger partial charge in [-0.1, -0.05) is 45.0 Å². The third kappa shape index (κ3) is 4.79. The number of carbonyl (C=O) groups excluding carboxylic acids is 3. The number of aryl methyl sites for hydroxylation is 1. The summed E-state index contributed by atoms with van der Waals surface area (Å²) in [6.45, 7) is 10.8. The van der Waals surface area contributed by atoms with Crippen LogP contribution in [0.3, 0.4) is 0 Å². The van der Waals surface area contributed by atoms with Crippen molar-refractivity contribution in [3.8, 4) is 10.4 Å². The lowest BCUT2D eigenvalue weighted by atomic mass is 9.85. The Balaban J connectivity index is 1.63. The number of aromatic nitrogens is 1. The number of thiazole rings is 1. The van der Waals surface area contributed by atoms with Crippen molar-refractivity contribution in [1.29, 1.82) is 0 Å². The Kier molecular flexibility index (Phi) is 6.78. The number of carbonyl (C=O) groups is 3. The molecule has 4 atom stereocenters. The molecule has 0 radical (unpaired) electrons. The van der Waals surface area contributed by atoms with E-state index < -0.39 is 29.1 Å². The van der Waals surface area contributed by atoms with Crippen LogP contribution in [0.1, 0.15) is 52.3 Å². The molecule has 2 aliphatic rings. The summed E-state index contributed by atoms with van der Waals surface area (Å²) >= 11 is 1.56. The molecule has 4 rings (SSSR count). The molecule has 1 saturated heterocycles. The van der Waals surface area contributed by atoms with Crippen LogP contribution in [0.25, 0.3) is 10.4 Å². The Labute approximate surface area is 215 Å². The molecular weight excluding hydrogens is 478 g/mol. The highest BCUT2D eigenvalue weighted by molar-refractivity contribution is 7.13. The molecule has 3 N–H and O–H groups in total. The van der Waals surface area contributed by atoms with Crippen molar-refractivity contribution in [1.82, 2.24) is 20.5 Å². The Hall–Kier alpha value is -3.11. The first kappa shape index (κ1) is 26.0. The maximum Gasteiger partial charge on any atom is 0.257 e. The van der Waals surface area contributed by atoms with Gasteiger partial charge in [-0.3, -0.25) is 14.4 Å². The second kappa shape index (κ2) is 9.40. The quantitative estimate of drug-likeness (QED) is 0.569. The van der Waals surface area contributed by atoms with Crippen LogP contribution in [0.5, 0.6) is 0 Å². The molecular formula is C26H33N5O4S. The standard InChI is InChI=1S/C26H33N5O4S/c1-14-20(36-13-27-14)16-7-9-17(10-8-16)26(6)24(35)29-22(30-26)19-11-18(33)12-31(19)23(34)21(25(3,4)5)28-15(2)32/h7-10,13,18-19,21,33H,11-12H2,1-6H3,(H,28,32)(H,29,30,35)/t18-,19+,21-,26-/m1/s1. The monoisotopic (exact) mass is 511 g/mol. The van der Waals surface area contributed by atoms with Gasteiger partial charge in [0.05, 0.1) is 28.2 Å². The number of amidine groups is 1. The largest absolute Gasteiger partial charge is 0.391 e. The lowest BCUT2D eigenvalue weighted by Crippen LogP contribution is -2.57. The van der Waals surface area contributed by atoms with E-state index in [2.05, 4.69) is 15.6 Å². The zero-order valence-electron chi connectivity index (χ0n) is 21.5. The number of hydrogen-bond acceptors (Lipinski definition) is 7. The van der Waals surface area contributed by atoms with Gasteiger partial charge < -0.3 is 20.6 Å². The van der Waals surface area contributed by atoms with Crippen molar-refractivity contribution >= 4 is 34.9 Å². The van der Waals surface area contributed by atoms with Crippen LogP contribution >= 0.6 is 11.3 Å². The number of likely N-dealkylation sites (tertiary alicyclic amines) is 1. The van der Waals surface area contributed by atoms with Crippen LogP contribution in [-0.4, -0.2) is 63.3 Å². The fourth-order valence-corrected chi connectivity index (χ4v) is 5.58. The summed E-state index contributed by atoms with van der Waals surface area (Å²) in [7, 11) is 0. The van der Waals surface area contributed by atoms with Gasteiger partial charge in [0.15, 0.2) is 5.54 Å². The number of rotatable bonds is 5. The smallest absolute Gasteiger partial charge is 0.257 e. The molecule has 1 aromatic heterocycles.